The number of hydrogen-bond donors (Lipinski definition) is 5. The van der Waals surface area contributed by atoms with Gasteiger partial charge in [-0.2, -0.15) is 0 Å². The van der Waals surface area contributed by atoms with Crippen molar-refractivity contribution in [1.29, 1.82) is 0 Å². The van der Waals surface area contributed by atoms with Gasteiger partial charge in [0.1, 0.15) is 30.6 Å². The van der Waals surface area contributed by atoms with Crippen LogP contribution in [0.15, 0.2) is 15.8 Å². The van der Waals surface area contributed by atoms with E-state index in [2.05, 4.69) is 4.98 Å². The molecule has 7 atom stereocenters. The second-order valence-electron chi connectivity index (χ2n) is 6.45. The van der Waals surface area contributed by atoms with E-state index in [1.54, 1.807) is 6.92 Å². The van der Waals surface area contributed by atoms with Gasteiger partial charge in [-0.1, -0.05) is 0 Å². The summed E-state index contributed by atoms with van der Waals surface area (Å²) in [4.78, 5) is 25.5. The number of H-pyrrole nitrogens is 1. The molecule has 2 fully saturated rings. The van der Waals surface area contributed by atoms with Crippen molar-refractivity contribution in [3.8, 4) is 0 Å². The summed E-state index contributed by atoms with van der Waals surface area (Å²) >= 11 is 0. The van der Waals surface area contributed by atoms with Crippen molar-refractivity contribution in [3.05, 3.63) is 32.6 Å². The molecule has 0 aliphatic carbocycles. The molecule has 146 valence electrons. The number of ether oxygens (including phenoxy) is 3. The van der Waals surface area contributed by atoms with E-state index in [1.165, 1.54) is 10.8 Å². The van der Waals surface area contributed by atoms with Gasteiger partial charge in [0, 0.05) is 18.2 Å². The van der Waals surface area contributed by atoms with Crippen LogP contribution in [0.5, 0.6) is 0 Å². The standard InChI is InChI=1S/C15H22N2O9/c1-6-3-17(15(23)16-13(6)22)10-2-7(19)9(25-10)5-24-14-12(21)11(20)8(4-18)26-14/h3,7-12,14,18-21H,2,4-5H2,1H3,(H,16,22,23)/t7-,8+,9+,10+,11+,12+,14?/m0/s1. The second kappa shape index (κ2) is 7.56. The fourth-order valence-electron chi connectivity index (χ4n) is 3.03. The molecule has 5 N–H and O–H groups in total. The molecule has 11 nitrogen and oxygen atoms in total. The Morgan fingerprint density at radius 2 is 1.96 bits per heavy atom. The monoisotopic (exact) mass is 374 g/mol. The second-order valence-corrected chi connectivity index (χ2v) is 6.45. The summed E-state index contributed by atoms with van der Waals surface area (Å²) < 4.78 is 17.4. The van der Waals surface area contributed by atoms with Crippen LogP contribution < -0.4 is 11.2 Å². The number of aryl methyl sites for hydroxylation is 1. The molecular formula is C15H22N2O9. The lowest BCUT2D eigenvalue weighted by Crippen LogP contribution is -2.37. The number of nitrogens with one attached hydrogen (secondary N) is 1. The third-order valence-electron chi connectivity index (χ3n) is 4.58. The molecule has 11 heteroatoms. The highest BCUT2D eigenvalue weighted by molar-refractivity contribution is 5.02. The van der Waals surface area contributed by atoms with Gasteiger partial charge in [0.2, 0.25) is 0 Å². The Bertz CT molecular complexity index is 747. The minimum Gasteiger partial charge on any atom is -0.394 e. The van der Waals surface area contributed by atoms with Crippen LogP contribution in [-0.2, 0) is 14.2 Å². The van der Waals surface area contributed by atoms with Gasteiger partial charge in [-0.25, -0.2) is 4.79 Å². The Hall–Kier alpha value is -1.60. The maximum atomic E-state index is 11.9. The van der Waals surface area contributed by atoms with E-state index in [-0.39, 0.29) is 13.0 Å². The first-order valence-electron chi connectivity index (χ1n) is 8.21. The fraction of sp³-hybridized carbons (Fsp3) is 0.733. The van der Waals surface area contributed by atoms with Crippen LogP contribution in [0.1, 0.15) is 18.2 Å². The molecule has 1 aromatic rings. The molecule has 0 saturated carbocycles. The summed E-state index contributed by atoms with van der Waals surface area (Å²) in [5, 5.41) is 38.7. The van der Waals surface area contributed by atoms with Crippen molar-refractivity contribution < 1.29 is 34.6 Å². The Morgan fingerprint density at radius 3 is 2.62 bits per heavy atom. The topological polar surface area (TPSA) is 163 Å². The van der Waals surface area contributed by atoms with Gasteiger partial charge in [-0.3, -0.25) is 14.3 Å². The van der Waals surface area contributed by atoms with E-state index in [9.17, 15) is 24.9 Å². The lowest BCUT2D eigenvalue weighted by atomic mass is 10.1. The third-order valence-corrected chi connectivity index (χ3v) is 4.58. The van der Waals surface area contributed by atoms with Crippen molar-refractivity contribution in [2.45, 2.75) is 56.4 Å². The zero-order valence-corrected chi connectivity index (χ0v) is 14.0. The van der Waals surface area contributed by atoms with Gasteiger partial charge in [-0.05, 0) is 6.92 Å². The third kappa shape index (κ3) is 3.60. The lowest BCUT2D eigenvalue weighted by molar-refractivity contribution is -0.190. The summed E-state index contributed by atoms with van der Waals surface area (Å²) in [6.45, 7) is 0.904. The number of aliphatic hydroxyl groups is 4. The van der Waals surface area contributed by atoms with Crippen molar-refractivity contribution in [1.82, 2.24) is 9.55 Å². The zero-order chi connectivity index (χ0) is 19.0. The minimum absolute atomic E-state index is 0.107. The molecule has 2 saturated heterocycles. The summed E-state index contributed by atoms with van der Waals surface area (Å²) in [5.41, 5.74) is -0.814. The Morgan fingerprint density at radius 1 is 1.23 bits per heavy atom. The Labute approximate surface area is 147 Å². The first kappa shape index (κ1) is 19.2. The molecule has 0 radical (unpaired) electrons. The average molecular weight is 374 g/mol. The smallest absolute Gasteiger partial charge is 0.330 e. The van der Waals surface area contributed by atoms with E-state index >= 15 is 0 Å². The first-order chi connectivity index (χ1) is 12.3. The highest BCUT2D eigenvalue weighted by Gasteiger charge is 2.44. The largest absolute Gasteiger partial charge is 0.394 e. The lowest BCUT2D eigenvalue weighted by Gasteiger charge is -2.20. The number of aromatic nitrogens is 2. The average Bonchev–Trinajstić information content (AvgIpc) is 3.10. The summed E-state index contributed by atoms with van der Waals surface area (Å²) in [7, 11) is 0. The molecule has 1 aromatic heterocycles. The van der Waals surface area contributed by atoms with Crippen LogP contribution in [0.25, 0.3) is 0 Å². The molecule has 0 spiro atoms. The fourth-order valence-corrected chi connectivity index (χ4v) is 3.03. The molecule has 1 unspecified atom stereocenters. The van der Waals surface area contributed by atoms with Crippen LogP contribution in [0, 0.1) is 6.92 Å². The molecule has 0 amide bonds. The normalized spacial score (nSPS) is 37.3. The highest BCUT2D eigenvalue weighted by Crippen LogP contribution is 2.29. The quantitative estimate of drug-likeness (QED) is 0.360. The summed E-state index contributed by atoms with van der Waals surface area (Å²) in [6.07, 6.45) is -5.83. The Balaban J connectivity index is 1.62. The maximum absolute atomic E-state index is 11.9. The molecule has 26 heavy (non-hydrogen) atoms. The predicted octanol–water partition coefficient (Wildman–Crippen LogP) is -3.05. The van der Waals surface area contributed by atoms with Gasteiger partial charge in [0.05, 0.1) is 19.3 Å². The van der Waals surface area contributed by atoms with Gasteiger partial charge in [0.25, 0.3) is 5.56 Å². The van der Waals surface area contributed by atoms with Gasteiger partial charge in [-0.15, -0.1) is 0 Å². The summed E-state index contributed by atoms with van der Waals surface area (Å²) in [6, 6.07) is 0. The van der Waals surface area contributed by atoms with Gasteiger partial charge in [0.15, 0.2) is 6.29 Å². The number of hydrogen-bond acceptors (Lipinski definition) is 9. The van der Waals surface area contributed by atoms with Gasteiger partial charge >= 0.3 is 5.69 Å². The van der Waals surface area contributed by atoms with Crippen molar-refractivity contribution in [3.63, 3.8) is 0 Å². The number of nitrogens with zero attached hydrogens (tertiary/aromatic N) is 1. The summed E-state index contributed by atoms with van der Waals surface area (Å²) in [5.74, 6) is 0. The van der Waals surface area contributed by atoms with Crippen LogP contribution >= 0.6 is 0 Å². The van der Waals surface area contributed by atoms with Crippen LogP contribution in [0.3, 0.4) is 0 Å². The molecule has 0 bridgehead atoms. The Kier molecular flexibility index (Phi) is 5.58. The predicted molar refractivity (Wildman–Crippen MR) is 84.3 cm³/mol. The SMILES string of the molecule is Cc1cn([C@H]2C[C@H](O)[C@@H](COC3O[C@H](CO)[C@@H](O)[C@H]3O)O2)c(=O)[nH]c1=O. The van der Waals surface area contributed by atoms with Crippen LogP contribution in [-0.4, -0.2) is 80.0 Å². The van der Waals surface area contributed by atoms with E-state index in [1.807, 2.05) is 0 Å². The molecule has 0 aromatic carbocycles. The molecule has 3 heterocycles. The van der Waals surface area contributed by atoms with Crippen molar-refractivity contribution >= 4 is 0 Å². The van der Waals surface area contributed by atoms with Crippen molar-refractivity contribution in [2.75, 3.05) is 13.2 Å². The van der Waals surface area contributed by atoms with Crippen molar-refractivity contribution in [2.24, 2.45) is 0 Å². The van der Waals surface area contributed by atoms with E-state index in [0.717, 1.165) is 0 Å². The zero-order valence-electron chi connectivity index (χ0n) is 14.0. The highest BCUT2D eigenvalue weighted by atomic mass is 16.7. The maximum Gasteiger partial charge on any atom is 0.330 e. The molecule has 3 rings (SSSR count). The molecule has 2 aliphatic heterocycles. The van der Waals surface area contributed by atoms with Crippen LogP contribution in [0.2, 0.25) is 0 Å². The van der Waals surface area contributed by atoms with E-state index in [4.69, 9.17) is 19.3 Å². The van der Waals surface area contributed by atoms with Gasteiger partial charge < -0.3 is 34.6 Å². The number of aliphatic hydroxyl groups excluding tert-OH is 4. The van der Waals surface area contributed by atoms with E-state index in [0.29, 0.717) is 5.56 Å². The van der Waals surface area contributed by atoms with Crippen LogP contribution in [0.4, 0.5) is 0 Å². The first-order valence-corrected chi connectivity index (χ1v) is 8.21. The van der Waals surface area contributed by atoms with E-state index < -0.39 is 60.9 Å². The number of aromatic amines is 1. The molecular weight excluding hydrogens is 352 g/mol. The number of rotatable bonds is 5. The molecule has 2 aliphatic rings. The minimum atomic E-state index is -1.34.